The highest BCUT2D eigenvalue weighted by atomic mass is 32.2. The Morgan fingerprint density at radius 1 is 1.10 bits per heavy atom. The molecule has 1 aliphatic heterocycles. The van der Waals surface area contributed by atoms with E-state index in [9.17, 15) is 21.6 Å². The van der Waals surface area contributed by atoms with E-state index in [1.807, 2.05) is 0 Å². The highest BCUT2D eigenvalue weighted by Crippen LogP contribution is 2.30. The first-order chi connectivity index (χ1) is 14.0. The summed E-state index contributed by atoms with van der Waals surface area (Å²) < 4.78 is 52.2. The number of carbonyl (C=O) groups is 1. The van der Waals surface area contributed by atoms with Crippen LogP contribution in [0.1, 0.15) is 35.3 Å². The number of amides is 1. The van der Waals surface area contributed by atoms with Crippen LogP contribution in [0.3, 0.4) is 0 Å². The minimum absolute atomic E-state index is 0.140. The van der Waals surface area contributed by atoms with Crippen molar-refractivity contribution in [2.24, 2.45) is 0 Å². The maximum absolute atomic E-state index is 12.6. The Hall–Kier alpha value is -2.43. The standard InChI is InChI=1S/C20H25N3O5S2/c1-14(2)22-30(27,28)18-6-4-5-15(11-18)13-21-20(24)17-7-8-19-16(12-17)9-10-23(19)29(3,25)26/h4-8,11-12,14,22H,9-10,13H2,1-3H3,(H,21,24). The van der Waals surface area contributed by atoms with Crippen molar-refractivity contribution in [2.45, 2.75) is 37.8 Å². The molecule has 8 nitrogen and oxygen atoms in total. The molecule has 0 aliphatic carbocycles. The van der Waals surface area contributed by atoms with E-state index in [0.717, 1.165) is 11.8 Å². The van der Waals surface area contributed by atoms with Gasteiger partial charge in [0.1, 0.15) is 0 Å². The maximum atomic E-state index is 12.6. The van der Waals surface area contributed by atoms with Gasteiger partial charge in [-0.3, -0.25) is 9.10 Å². The van der Waals surface area contributed by atoms with Gasteiger partial charge in [-0.05, 0) is 61.7 Å². The van der Waals surface area contributed by atoms with Crippen molar-refractivity contribution < 1.29 is 21.6 Å². The molecule has 2 aromatic rings. The van der Waals surface area contributed by atoms with Crippen molar-refractivity contribution in [1.29, 1.82) is 0 Å². The van der Waals surface area contributed by atoms with Gasteiger partial charge in [0.15, 0.2) is 0 Å². The molecule has 0 fully saturated rings. The zero-order valence-electron chi connectivity index (χ0n) is 17.0. The van der Waals surface area contributed by atoms with Crippen molar-refractivity contribution in [3.05, 3.63) is 59.2 Å². The Balaban J connectivity index is 1.71. The van der Waals surface area contributed by atoms with Crippen molar-refractivity contribution >= 4 is 31.6 Å². The topological polar surface area (TPSA) is 113 Å². The fourth-order valence-corrected chi connectivity index (χ4v) is 5.62. The quantitative estimate of drug-likeness (QED) is 0.664. The third kappa shape index (κ3) is 5.00. The van der Waals surface area contributed by atoms with Gasteiger partial charge in [0, 0.05) is 24.7 Å². The van der Waals surface area contributed by atoms with E-state index in [1.54, 1.807) is 44.2 Å². The molecule has 0 radical (unpaired) electrons. The molecular formula is C20H25N3O5S2. The fraction of sp³-hybridized carbons (Fsp3) is 0.350. The summed E-state index contributed by atoms with van der Waals surface area (Å²) in [5, 5.41) is 2.78. The first-order valence-electron chi connectivity index (χ1n) is 9.47. The fourth-order valence-electron chi connectivity index (χ4n) is 3.34. The largest absolute Gasteiger partial charge is 0.348 e. The van der Waals surface area contributed by atoms with E-state index in [-0.39, 0.29) is 23.4 Å². The van der Waals surface area contributed by atoms with Crippen molar-refractivity contribution in [3.63, 3.8) is 0 Å². The zero-order chi connectivity index (χ0) is 22.1. The summed E-state index contributed by atoms with van der Waals surface area (Å²) in [5.74, 6) is -0.316. The van der Waals surface area contributed by atoms with Crippen molar-refractivity contribution in [2.75, 3.05) is 17.1 Å². The second-order valence-corrected chi connectivity index (χ2v) is 11.2. The zero-order valence-corrected chi connectivity index (χ0v) is 18.7. The number of hydrogen-bond acceptors (Lipinski definition) is 5. The lowest BCUT2D eigenvalue weighted by Gasteiger charge is -2.16. The van der Waals surface area contributed by atoms with Gasteiger partial charge in [-0.15, -0.1) is 0 Å². The second kappa shape index (κ2) is 8.37. The van der Waals surface area contributed by atoms with E-state index in [0.29, 0.717) is 29.8 Å². The predicted molar refractivity (Wildman–Crippen MR) is 115 cm³/mol. The van der Waals surface area contributed by atoms with Crippen LogP contribution in [0, 0.1) is 0 Å². The number of nitrogens with zero attached hydrogens (tertiary/aromatic N) is 1. The van der Waals surface area contributed by atoms with E-state index in [4.69, 9.17) is 0 Å². The Labute approximate surface area is 177 Å². The normalized spacial score (nSPS) is 14.1. The number of anilines is 1. The summed E-state index contributed by atoms with van der Waals surface area (Å²) in [5.41, 5.74) is 2.49. The average Bonchev–Trinajstić information content (AvgIpc) is 3.09. The molecule has 0 atom stereocenters. The van der Waals surface area contributed by atoms with Crippen LogP contribution >= 0.6 is 0 Å². The Morgan fingerprint density at radius 2 is 1.83 bits per heavy atom. The summed E-state index contributed by atoms with van der Waals surface area (Å²) >= 11 is 0. The van der Waals surface area contributed by atoms with Gasteiger partial charge >= 0.3 is 0 Å². The molecule has 0 aromatic heterocycles. The molecule has 1 heterocycles. The van der Waals surface area contributed by atoms with Crippen LogP contribution in [0.25, 0.3) is 0 Å². The van der Waals surface area contributed by atoms with Gasteiger partial charge in [-0.25, -0.2) is 21.6 Å². The summed E-state index contributed by atoms with van der Waals surface area (Å²) in [4.78, 5) is 12.7. The number of fused-ring (bicyclic) bond motifs is 1. The average molecular weight is 452 g/mol. The summed E-state index contributed by atoms with van der Waals surface area (Å²) in [6.07, 6.45) is 1.71. The number of nitrogens with one attached hydrogen (secondary N) is 2. The van der Waals surface area contributed by atoms with Crippen LogP contribution in [0.2, 0.25) is 0 Å². The summed E-state index contributed by atoms with van der Waals surface area (Å²) in [6, 6.07) is 11.1. The molecule has 2 aromatic carbocycles. The molecule has 0 bridgehead atoms. The molecule has 0 spiro atoms. The molecular weight excluding hydrogens is 426 g/mol. The number of sulfonamides is 2. The lowest BCUT2D eigenvalue weighted by molar-refractivity contribution is 0.0951. The van der Waals surface area contributed by atoms with Crippen molar-refractivity contribution in [3.8, 4) is 0 Å². The monoisotopic (exact) mass is 451 g/mol. The number of carbonyl (C=O) groups excluding carboxylic acids is 1. The lowest BCUT2D eigenvalue weighted by atomic mass is 10.1. The molecule has 3 rings (SSSR count). The number of benzene rings is 2. The third-order valence-electron chi connectivity index (χ3n) is 4.65. The lowest BCUT2D eigenvalue weighted by Crippen LogP contribution is -2.30. The Morgan fingerprint density at radius 3 is 2.50 bits per heavy atom. The number of rotatable bonds is 7. The van der Waals surface area contributed by atoms with Gasteiger partial charge in [0.2, 0.25) is 20.0 Å². The highest BCUT2D eigenvalue weighted by molar-refractivity contribution is 7.92. The minimum atomic E-state index is -3.61. The van der Waals surface area contributed by atoms with Crippen LogP contribution in [0.4, 0.5) is 5.69 Å². The van der Waals surface area contributed by atoms with Gasteiger partial charge in [0.25, 0.3) is 5.91 Å². The molecule has 0 saturated carbocycles. The minimum Gasteiger partial charge on any atom is -0.348 e. The molecule has 30 heavy (non-hydrogen) atoms. The van der Waals surface area contributed by atoms with Gasteiger partial charge < -0.3 is 5.32 Å². The first-order valence-corrected chi connectivity index (χ1v) is 12.8. The van der Waals surface area contributed by atoms with E-state index >= 15 is 0 Å². The van der Waals surface area contributed by atoms with E-state index in [1.165, 1.54) is 16.4 Å². The molecule has 1 amide bonds. The summed E-state index contributed by atoms with van der Waals surface area (Å²) in [7, 11) is -6.95. The number of hydrogen-bond donors (Lipinski definition) is 2. The van der Waals surface area contributed by atoms with Crippen LogP contribution in [0.5, 0.6) is 0 Å². The van der Waals surface area contributed by atoms with E-state index in [2.05, 4.69) is 10.0 Å². The molecule has 10 heteroatoms. The van der Waals surface area contributed by atoms with Crippen molar-refractivity contribution in [1.82, 2.24) is 10.0 Å². The predicted octanol–water partition coefficient (Wildman–Crippen LogP) is 1.63. The van der Waals surface area contributed by atoms with Crippen LogP contribution in [0.15, 0.2) is 47.4 Å². The van der Waals surface area contributed by atoms with Gasteiger partial charge in [-0.1, -0.05) is 12.1 Å². The van der Waals surface area contributed by atoms with Gasteiger partial charge in [0.05, 0.1) is 16.8 Å². The molecule has 1 aliphatic rings. The molecule has 0 saturated heterocycles. The Bertz CT molecular complexity index is 1170. The van der Waals surface area contributed by atoms with Crippen LogP contribution in [-0.2, 0) is 33.0 Å². The van der Waals surface area contributed by atoms with E-state index < -0.39 is 20.0 Å². The molecule has 2 N–H and O–H groups in total. The van der Waals surface area contributed by atoms with Crippen LogP contribution < -0.4 is 14.3 Å². The third-order valence-corrected chi connectivity index (χ3v) is 7.48. The second-order valence-electron chi connectivity index (χ2n) is 7.53. The smallest absolute Gasteiger partial charge is 0.251 e. The maximum Gasteiger partial charge on any atom is 0.251 e. The Kier molecular flexibility index (Phi) is 6.21. The van der Waals surface area contributed by atoms with Crippen LogP contribution in [-0.4, -0.2) is 41.6 Å². The molecule has 0 unspecified atom stereocenters. The van der Waals surface area contributed by atoms with Gasteiger partial charge in [-0.2, -0.15) is 0 Å². The molecule has 162 valence electrons. The first kappa shape index (κ1) is 22.3. The highest BCUT2D eigenvalue weighted by Gasteiger charge is 2.26. The summed E-state index contributed by atoms with van der Waals surface area (Å²) in [6.45, 7) is 4.02. The SMILES string of the molecule is CC(C)NS(=O)(=O)c1cccc(CNC(=O)c2ccc3c(c2)CCN3S(C)(=O)=O)c1.